The highest BCUT2D eigenvalue weighted by Crippen LogP contribution is 2.31. The zero-order chi connectivity index (χ0) is 16.5. The first-order valence-corrected chi connectivity index (χ1v) is 9.32. The maximum Gasteiger partial charge on any atom is 0.317 e. The predicted molar refractivity (Wildman–Crippen MR) is 97.3 cm³/mol. The van der Waals surface area contributed by atoms with Crippen molar-refractivity contribution in [3.8, 4) is 0 Å². The van der Waals surface area contributed by atoms with Crippen molar-refractivity contribution in [1.29, 1.82) is 0 Å². The molecule has 1 N–H and O–H groups in total. The molecular weight excluding hydrogens is 298 g/mol. The highest BCUT2D eigenvalue weighted by atomic mass is 16.2. The van der Waals surface area contributed by atoms with Crippen LogP contribution in [0.2, 0.25) is 0 Å². The van der Waals surface area contributed by atoms with Gasteiger partial charge in [-0.05, 0) is 36.8 Å². The number of hydrogen-bond donors (Lipinski definition) is 1. The number of aromatic nitrogens is 1. The molecule has 2 heterocycles. The fourth-order valence-corrected chi connectivity index (χ4v) is 4.40. The van der Waals surface area contributed by atoms with E-state index in [1.807, 2.05) is 4.90 Å². The quantitative estimate of drug-likeness (QED) is 0.890. The molecule has 24 heavy (non-hydrogen) atoms. The van der Waals surface area contributed by atoms with Gasteiger partial charge in [-0.25, -0.2) is 4.79 Å². The number of benzene rings is 1. The molecule has 1 aliphatic carbocycles. The van der Waals surface area contributed by atoms with E-state index in [1.165, 1.54) is 35.9 Å². The number of nitrogens with zero attached hydrogens (tertiary/aromatic N) is 2. The molecule has 1 saturated heterocycles. The number of fused-ring (bicyclic) bond motifs is 1. The zero-order valence-electron chi connectivity index (χ0n) is 14.5. The third-order valence-corrected chi connectivity index (χ3v) is 5.82. The highest BCUT2D eigenvalue weighted by molar-refractivity contribution is 5.81. The topological polar surface area (TPSA) is 37.3 Å². The van der Waals surface area contributed by atoms with E-state index in [0.29, 0.717) is 12.0 Å². The Bertz CT molecular complexity index is 730. The zero-order valence-corrected chi connectivity index (χ0v) is 14.5. The maximum absolute atomic E-state index is 12.6. The standard InChI is InChI=1S/C20H27N3O/c1-22-18-10-6-5-7-15(18)13-19(22)16-11-12-23(14-16)20(24)21-17-8-3-2-4-9-17/h5-7,10,13,16-17H,2-4,8-9,11-12,14H2,1H3,(H,21,24). The van der Waals surface area contributed by atoms with Crippen LogP contribution in [0.4, 0.5) is 4.79 Å². The minimum absolute atomic E-state index is 0.142. The Hall–Kier alpha value is -1.97. The Kier molecular flexibility index (Phi) is 4.21. The largest absolute Gasteiger partial charge is 0.347 e. The number of carbonyl (C=O) groups excluding carboxylic acids is 1. The molecule has 1 unspecified atom stereocenters. The van der Waals surface area contributed by atoms with Gasteiger partial charge in [0, 0.05) is 43.3 Å². The van der Waals surface area contributed by atoms with Gasteiger partial charge in [0.2, 0.25) is 0 Å². The van der Waals surface area contributed by atoms with Crippen molar-refractivity contribution in [2.24, 2.45) is 7.05 Å². The van der Waals surface area contributed by atoms with E-state index >= 15 is 0 Å². The van der Waals surface area contributed by atoms with Crippen molar-refractivity contribution < 1.29 is 4.79 Å². The summed E-state index contributed by atoms with van der Waals surface area (Å²) in [5.74, 6) is 0.444. The summed E-state index contributed by atoms with van der Waals surface area (Å²) in [6, 6.07) is 11.3. The number of rotatable bonds is 2. The molecule has 1 aromatic heterocycles. The van der Waals surface area contributed by atoms with Crippen LogP contribution >= 0.6 is 0 Å². The fourth-order valence-electron chi connectivity index (χ4n) is 4.40. The molecule has 4 nitrogen and oxygen atoms in total. The van der Waals surface area contributed by atoms with Crippen molar-refractivity contribution in [1.82, 2.24) is 14.8 Å². The third kappa shape index (κ3) is 2.90. The second-order valence-corrected chi connectivity index (χ2v) is 7.40. The van der Waals surface area contributed by atoms with Gasteiger partial charge in [-0.15, -0.1) is 0 Å². The number of likely N-dealkylation sites (tertiary alicyclic amines) is 1. The number of aryl methyl sites for hydroxylation is 1. The van der Waals surface area contributed by atoms with Crippen LogP contribution in [0.3, 0.4) is 0 Å². The molecule has 1 aliphatic heterocycles. The van der Waals surface area contributed by atoms with Gasteiger partial charge in [-0.1, -0.05) is 37.5 Å². The molecule has 2 amide bonds. The van der Waals surface area contributed by atoms with Crippen LogP contribution in [0.5, 0.6) is 0 Å². The average molecular weight is 325 g/mol. The van der Waals surface area contributed by atoms with E-state index in [0.717, 1.165) is 32.4 Å². The minimum atomic E-state index is 0.142. The van der Waals surface area contributed by atoms with E-state index < -0.39 is 0 Å². The van der Waals surface area contributed by atoms with Gasteiger partial charge in [0.1, 0.15) is 0 Å². The lowest BCUT2D eigenvalue weighted by Crippen LogP contribution is -2.44. The average Bonchev–Trinajstić information content (AvgIpc) is 3.21. The minimum Gasteiger partial charge on any atom is -0.347 e. The summed E-state index contributed by atoms with van der Waals surface area (Å²) >= 11 is 0. The molecule has 1 atom stereocenters. The number of hydrogen-bond acceptors (Lipinski definition) is 1. The number of urea groups is 1. The van der Waals surface area contributed by atoms with Crippen LogP contribution in [0.15, 0.2) is 30.3 Å². The van der Waals surface area contributed by atoms with Crippen LogP contribution < -0.4 is 5.32 Å². The molecule has 0 spiro atoms. The predicted octanol–water partition coefficient (Wildman–Crippen LogP) is 4.01. The summed E-state index contributed by atoms with van der Waals surface area (Å²) in [6.45, 7) is 1.70. The van der Waals surface area contributed by atoms with E-state index in [9.17, 15) is 4.79 Å². The lowest BCUT2D eigenvalue weighted by atomic mass is 9.96. The van der Waals surface area contributed by atoms with Crippen LogP contribution in [0.1, 0.15) is 50.1 Å². The molecule has 0 radical (unpaired) electrons. The summed E-state index contributed by atoms with van der Waals surface area (Å²) < 4.78 is 2.29. The van der Waals surface area contributed by atoms with Crippen LogP contribution in [-0.2, 0) is 7.05 Å². The van der Waals surface area contributed by atoms with E-state index in [1.54, 1.807) is 0 Å². The van der Waals surface area contributed by atoms with Crippen molar-refractivity contribution >= 4 is 16.9 Å². The lowest BCUT2D eigenvalue weighted by molar-refractivity contribution is 0.200. The molecule has 128 valence electrons. The molecule has 2 fully saturated rings. The summed E-state index contributed by atoms with van der Waals surface area (Å²) in [7, 11) is 2.14. The van der Waals surface area contributed by atoms with Gasteiger partial charge in [-0.2, -0.15) is 0 Å². The Balaban J connectivity index is 1.43. The van der Waals surface area contributed by atoms with Crippen LogP contribution in [0, 0.1) is 0 Å². The number of nitrogens with one attached hydrogen (secondary N) is 1. The first kappa shape index (κ1) is 15.6. The molecule has 1 aromatic carbocycles. The third-order valence-electron chi connectivity index (χ3n) is 5.82. The van der Waals surface area contributed by atoms with Crippen LogP contribution in [0.25, 0.3) is 10.9 Å². The van der Waals surface area contributed by atoms with Crippen molar-refractivity contribution in [3.05, 3.63) is 36.0 Å². The van der Waals surface area contributed by atoms with Gasteiger partial charge in [0.25, 0.3) is 0 Å². The van der Waals surface area contributed by atoms with E-state index in [2.05, 4.69) is 47.3 Å². The molecule has 2 aliphatic rings. The second-order valence-electron chi connectivity index (χ2n) is 7.40. The number of para-hydroxylation sites is 1. The summed E-state index contributed by atoms with van der Waals surface area (Å²) in [6.07, 6.45) is 7.17. The summed E-state index contributed by atoms with van der Waals surface area (Å²) in [4.78, 5) is 14.6. The van der Waals surface area contributed by atoms with Crippen molar-refractivity contribution in [3.63, 3.8) is 0 Å². The Labute approximate surface area is 143 Å². The SMILES string of the molecule is Cn1c(C2CCN(C(=O)NC3CCCCC3)C2)cc2ccccc21. The van der Waals surface area contributed by atoms with Gasteiger partial charge >= 0.3 is 6.03 Å². The number of amides is 2. The Morgan fingerprint density at radius 1 is 1.12 bits per heavy atom. The highest BCUT2D eigenvalue weighted by Gasteiger charge is 2.30. The Morgan fingerprint density at radius 2 is 1.92 bits per heavy atom. The van der Waals surface area contributed by atoms with Crippen molar-refractivity contribution in [2.75, 3.05) is 13.1 Å². The molecule has 2 aromatic rings. The normalized spacial score (nSPS) is 22.2. The molecule has 4 heteroatoms. The molecule has 1 saturated carbocycles. The monoisotopic (exact) mass is 325 g/mol. The lowest BCUT2D eigenvalue weighted by Gasteiger charge is -2.26. The Morgan fingerprint density at radius 3 is 2.71 bits per heavy atom. The van der Waals surface area contributed by atoms with Crippen molar-refractivity contribution in [2.45, 2.75) is 50.5 Å². The first-order chi connectivity index (χ1) is 11.7. The van der Waals surface area contributed by atoms with Crippen LogP contribution in [-0.4, -0.2) is 34.6 Å². The first-order valence-electron chi connectivity index (χ1n) is 9.32. The molecule has 4 rings (SSSR count). The maximum atomic E-state index is 12.6. The second kappa shape index (κ2) is 6.50. The summed E-state index contributed by atoms with van der Waals surface area (Å²) in [5.41, 5.74) is 2.63. The fraction of sp³-hybridized carbons (Fsp3) is 0.550. The van der Waals surface area contributed by atoms with E-state index in [4.69, 9.17) is 0 Å². The number of carbonyl (C=O) groups is 1. The molecular formula is C20H27N3O. The van der Waals surface area contributed by atoms with Gasteiger partial charge < -0.3 is 14.8 Å². The summed E-state index contributed by atoms with van der Waals surface area (Å²) in [5, 5.41) is 4.55. The smallest absolute Gasteiger partial charge is 0.317 e. The molecule has 0 bridgehead atoms. The van der Waals surface area contributed by atoms with Gasteiger partial charge in [-0.3, -0.25) is 0 Å². The van der Waals surface area contributed by atoms with Gasteiger partial charge in [0.05, 0.1) is 0 Å². The van der Waals surface area contributed by atoms with Gasteiger partial charge in [0.15, 0.2) is 0 Å². The van der Waals surface area contributed by atoms with E-state index in [-0.39, 0.29) is 6.03 Å².